The molecule has 1 atom stereocenters. The number of pyridine rings is 1. The second-order valence-corrected chi connectivity index (χ2v) is 7.43. The number of nitrogens with one attached hydrogen (secondary N) is 3. The molecule has 2 aromatic heterocycles. The molecular weight excluding hydrogens is 465 g/mol. The van der Waals surface area contributed by atoms with Gasteiger partial charge < -0.3 is 20.4 Å². The number of anilines is 2. The van der Waals surface area contributed by atoms with Crippen LogP contribution in [0.15, 0.2) is 41.5 Å². The van der Waals surface area contributed by atoms with Gasteiger partial charge in [-0.25, -0.2) is 14.8 Å². The van der Waals surface area contributed by atoms with Crippen LogP contribution in [0, 0.1) is 18.3 Å². The van der Waals surface area contributed by atoms with Gasteiger partial charge in [0, 0.05) is 18.0 Å². The summed E-state index contributed by atoms with van der Waals surface area (Å²) in [5.74, 6) is -0.438. The highest BCUT2D eigenvalue weighted by atomic mass is 19.4. The van der Waals surface area contributed by atoms with Crippen LogP contribution in [0.2, 0.25) is 0 Å². The summed E-state index contributed by atoms with van der Waals surface area (Å²) < 4.78 is 45.8. The Kier molecular flexibility index (Phi) is 7.39. The minimum atomic E-state index is -4.70. The molecule has 12 heteroatoms. The number of H-pyrrole nitrogens is 1. The zero-order valence-corrected chi connectivity index (χ0v) is 18.9. The van der Waals surface area contributed by atoms with E-state index >= 15 is 0 Å². The summed E-state index contributed by atoms with van der Waals surface area (Å²) in [7, 11) is 0. The first-order valence-corrected chi connectivity index (χ1v) is 10.4. The summed E-state index contributed by atoms with van der Waals surface area (Å²) in [6, 6.07) is 5.48. The number of carbonyl (C=O) groups is 1. The lowest BCUT2D eigenvalue weighted by Gasteiger charge is -2.16. The summed E-state index contributed by atoms with van der Waals surface area (Å²) in [4.78, 5) is 35.1. The highest BCUT2D eigenvalue weighted by molar-refractivity contribution is 6.00. The second kappa shape index (κ2) is 10.3. The van der Waals surface area contributed by atoms with Crippen LogP contribution < -0.4 is 20.9 Å². The summed E-state index contributed by atoms with van der Waals surface area (Å²) in [6.45, 7) is 5.05. The Hall–Kier alpha value is -4.40. The van der Waals surface area contributed by atoms with Gasteiger partial charge in [0.15, 0.2) is 5.82 Å². The molecule has 1 unspecified atom stereocenters. The lowest BCUT2D eigenvalue weighted by molar-refractivity contribution is -0.138. The van der Waals surface area contributed by atoms with Crippen LogP contribution in [0.4, 0.5) is 29.3 Å². The van der Waals surface area contributed by atoms with E-state index in [1.54, 1.807) is 19.9 Å². The molecule has 182 valence electrons. The molecule has 0 aliphatic carbocycles. The summed E-state index contributed by atoms with van der Waals surface area (Å²) in [5.41, 5.74) is -0.607. The van der Waals surface area contributed by atoms with E-state index in [1.807, 2.05) is 0 Å². The number of aromatic amines is 1. The number of nitriles is 1. The molecule has 35 heavy (non-hydrogen) atoms. The molecule has 0 spiro atoms. The van der Waals surface area contributed by atoms with Crippen LogP contribution in [-0.2, 0) is 6.18 Å². The van der Waals surface area contributed by atoms with Gasteiger partial charge in [0.2, 0.25) is 0 Å². The maximum atomic E-state index is 13.5. The third-order valence-corrected chi connectivity index (χ3v) is 4.93. The number of rotatable bonds is 6. The third-order valence-electron chi connectivity index (χ3n) is 4.93. The van der Waals surface area contributed by atoms with E-state index in [1.165, 1.54) is 31.5 Å². The van der Waals surface area contributed by atoms with Crippen molar-refractivity contribution >= 4 is 17.4 Å². The van der Waals surface area contributed by atoms with Crippen molar-refractivity contribution in [1.29, 1.82) is 5.26 Å². The molecule has 0 fully saturated rings. The van der Waals surface area contributed by atoms with Crippen molar-refractivity contribution in [1.82, 2.24) is 15.0 Å². The lowest BCUT2D eigenvalue weighted by Crippen LogP contribution is -2.21. The molecular formula is C23H21F3N6O3. The first kappa shape index (κ1) is 25.2. The van der Waals surface area contributed by atoms with Crippen molar-refractivity contribution in [3.05, 3.63) is 63.8 Å². The van der Waals surface area contributed by atoms with Crippen molar-refractivity contribution in [2.24, 2.45) is 0 Å². The molecule has 0 aliphatic rings. The van der Waals surface area contributed by atoms with Crippen molar-refractivity contribution in [3.8, 4) is 23.2 Å². The molecule has 2 amide bonds. The first-order chi connectivity index (χ1) is 16.5. The maximum Gasteiger partial charge on any atom is 0.416 e. The van der Waals surface area contributed by atoms with Gasteiger partial charge >= 0.3 is 12.2 Å². The van der Waals surface area contributed by atoms with Crippen molar-refractivity contribution < 1.29 is 22.7 Å². The van der Waals surface area contributed by atoms with Gasteiger partial charge in [-0.1, -0.05) is 6.07 Å². The average molecular weight is 486 g/mol. The fourth-order valence-corrected chi connectivity index (χ4v) is 3.23. The fraction of sp³-hybridized carbons (Fsp3) is 0.261. The minimum absolute atomic E-state index is 0.103. The lowest BCUT2D eigenvalue weighted by atomic mass is 9.96. The van der Waals surface area contributed by atoms with Crippen LogP contribution in [0.5, 0.6) is 5.75 Å². The van der Waals surface area contributed by atoms with Gasteiger partial charge in [0.05, 0.1) is 47.3 Å². The van der Waals surface area contributed by atoms with Gasteiger partial charge in [0.1, 0.15) is 5.75 Å². The normalized spacial score (nSPS) is 11.9. The predicted octanol–water partition coefficient (Wildman–Crippen LogP) is 4.83. The number of nitrogens with zero attached hydrogens (tertiary/aromatic N) is 3. The van der Waals surface area contributed by atoms with Crippen LogP contribution in [-0.4, -0.2) is 27.6 Å². The van der Waals surface area contributed by atoms with Crippen molar-refractivity contribution in [3.63, 3.8) is 0 Å². The number of aryl methyl sites for hydroxylation is 1. The van der Waals surface area contributed by atoms with Crippen LogP contribution >= 0.6 is 0 Å². The number of aromatic nitrogens is 3. The molecule has 0 saturated carbocycles. The van der Waals surface area contributed by atoms with E-state index in [2.05, 4.69) is 25.6 Å². The van der Waals surface area contributed by atoms with Gasteiger partial charge in [-0.2, -0.15) is 18.4 Å². The van der Waals surface area contributed by atoms with E-state index in [4.69, 9.17) is 10.00 Å². The largest absolute Gasteiger partial charge is 0.493 e. The Morgan fingerprint density at radius 1 is 1.29 bits per heavy atom. The number of urea groups is 1. The quantitative estimate of drug-likeness (QED) is 0.457. The van der Waals surface area contributed by atoms with E-state index in [0.29, 0.717) is 23.6 Å². The van der Waals surface area contributed by atoms with Crippen LogP contribution in [0.1, 0.15) is 36.6 Å². The molecule has 0 bridgehead atoms. The highest BCUT2D eigenvalue weighted by Crippen LogP contribution is 2.37. The van der Waals surface area contributed by atoms with E-state index in [9.17, 15) is 22.8 Å². The second-order valence-electron chi connectivity index (χ2n) is 7.43. The molecule has 0 aliphatic heterocycles. The maximum absolute atomic E-state index is 13.5. The third kappa shape index (κ3) is 5.94. The number of carbonyl (C=O) groups excluding carboxylic acids is 1. The Bertz CT molecular complexity index is 1350. The number of ether oxygens (including phenoxy) is 1. The van der Waals surface area contributed by atoms with Crippen molar-refractivity contribution in [2.75, 3.05) is 17.2 Å². The monoisotopic (exact) mass is 486 g/mol. The average Bonchev–Trinajstić information content (AvgIpc) is 2.79. The number of halogens is 3. The first-order valence-electron chi connectivity index (χ1n) is 10.4. The minimum Gasteiger partial charge on any atom is -0.493 e. The number of amides is 2. The molecule has 1 aromatic carbocycles. The Morgan fingerprint density at radius 2 is 2.03 bits per heavy atom. The summed E-state index contributed by atoms with van der Waals surface area (Å²) >= 11 is 0. The number of hydrogen-bond donors (Lipinski definition) is 3. The summed E-state index contributed by atoms with van der Waals surface area (Å²) in [6.07, 6.45) is -1.95. The SMILES string of the molecule is CCOc1cc(=O)[nH]cc1-c1ncc(NC(=O)Nc2ccc(C(C)C#N)c(C(F)(F)F)c2)c(C)n1. The zero-order valence-electron chi connectivity index (χ0n) is 18.9. The highest BCUT2D eigenvalue weighted by Gasteiger charge is 2.35. The Balaban J connectivity index is 1.81. The van der Waals surface area contributed by atoms with E-state index < -0.39 is 23.7 Å². The topological polar surface area (TPSA) is 133 Å². The Labute approximate surface area is 198 Å². The van der Waals surface area contributed by atoms with Crippen LogP contribution in [0.3, 0.4) is 0 Å². The molecule has 2 heterocycles. The van der Waals surface area contributed by atoms with Crippen LogP contribution in [0.25, 0.3) is 11.4 Å². The van der Waals surface area contributed by atoms with Crippen molar-refractivity contribution in [2.45, 2.75) is 32.9 Å². The number of hydrogen-bond acceptors (Lipinski definition) is 6. The predicted molar refractivity (Wildman–Crippen MR) is 122 cm³/mol. The number of alkyl halides is 3. The molecule has 0 saturated heterocycles. The van der Waals surface area contributed by atoms with E-state index in [0.717, 1.165) is 12.1 Å². The number of benzene rings is 1. The Morgan fingerprint density at radius 3 is 2.66 bits per heavy atom. The van der Waals surface area contributed by atoms with Gasteiger partial charge in [-0.3, -0.25) is 4.79 Å². The molecule has 3 aromatic rings. The smallest absolute Gasteiger partial charge is 0.416 e. The molecule has 0 radical (unpaired) electrons. The fourth-order valence-electron chi connectivity index (χ4n) is 3.23. The van der Waals surface area contributed by atoms with Gasteiger partial charge in [-0.15, -0.1) is 0 Å². The van der Waals surface area contributed by atoms with E-state index in [-0.39, 0.29) is 28.3 Å². The molecule has 3 N–H and O–H groups in total. The molecule has 9 nitrogen and oxygen atoms in total. The summed E-state index contributed by atoms with van der Waals surface area (Å²) in [5, 5.41) is 13.8. The van der Waals surface area contributed by atoms with Gasteiger partial charge in [0.25, 0.3) is 5.56 Å². The standard InChI is InChI=1S/C23H21F3N6O3/c1-4-35-19-8-20(33)28-10-16(19)21-29-11-18(13(3)30-21)32-22(34)31-14-5-6-15(12(2)9-27)17(7-14)23(24,25)26/h5-8,10-12H,4H2,1-3H3,(H,28,33)(H2,31,32,34). The zero-order chi connectivity index (χ0) is 25.8. The van der Waals surface area contributed by atoms with Gasteiger partial charge in [-0.05, 0) is 38.5 Å². The molecule has 3 rings (SSSR count).